The SMILES string of the molecule is C=CC=CC(=O)Nc1ccc([S][Bi]([S]c2ccc(NC(=O)C=CC=C)cc2)[S]c2ccc(NC(=O)C=CC=C)cc2)cc1. The Bertz CT molecular complexity index is 1330. The van der Waals surface area contributed by atoms with Crippen LogP contribution in [-0.4, -0.2) is 35.1 Å². The molecule has 10 heteroatoms. The van der Waals surface area contributed by atoms with E-state index in [-0.39, 0.29) is 17.7 Å². The van der Waals surface area contributed by atoms with E-state index in [1.165, 1.54) is 18.2 Å². The van der Waals surface area contributed by atoms with Gasteiger partial charge in [-0.3, -0.25) is 0 Å². The quantitative estimate of drug-likeness (QED) is 0.0812. The van der Waals surface area contributed by atoms with Crippen LogP contribution in [0.3, 0.4) is 0 Å². The molecule has 3 rings (SSSR count). The van der Waals surface area contributed by atoms with Gasteiger partial charge in [-0.05, 0) is 0 Å². The summed E-state index contributed by atoms with van der Waals surface area (Å²) in [5.74, 6) is -0.637. The minimum absolute atomic E-state index is 0.212. The van der Waals surface area contributed by atoms with Crippen molar-refractivity contribution in [2.75, 3.05) is 16.0 Å². The number of anilines is 3. The van der Waals surface area contributed by atoms with Crippen LogP contribution in [0.25, 0.3) is 0 Å². The molecule has 218 valence electrons. The Morgan fingerprint density at radius 3 is 0.977 bits per heavy atom. The van der Waals surface area contributed by atoms with E-state index >= 15 is 0 Å². The van der Waals surface area contributed by atoms with Crippen molar-refractivity contribution in [3.63, 3.8) is 0 Å². The summed E-state index contributed by atoms with van der Waals surface area (Å²) in [5, 5.41) is 8.53. The van der Waals surface area contributed by atoms with Gasteiger partial charge in [0.15, 0.2) is 0 Å². The van der Waals surface area contributed by atoms with Crippen molar-refractivity contribution < 1.29 is 14.4 Å². The summed E-state index contributed by atoms with van der Waals surface area (Å²) < 4.78 is 0. The Labute approximate surface area is 268 Å². The van der Waals surface area contributed by atoms with E-state index in [4.69, 9.17) is 0 Å². The molecular formula is C33H30BiN3O3S3. The van der Waals surface area contributed by atoms with E-state index in [2.05, 4.69) is 35.7 Å². The van der Waals surface area contributed by atoms with Crippen molar-refractivity contribution in [2.24, 2.45) is 0 Å². The third-order valence-electron chi connectivity index (χ3n) is 5.06. The van der Waals surface area contributed by atoms with Gasteiger partial charge in [0, 0.05) is 0 Å². The van der Waals surface area contributed by atoms with Crippen LogP contribution in [0.4, 0.5) is 17.1 Å². The third kappa shape index (κ3) is 13.1. The first-order valence-corrected chi connectivity index (χ1v) is 27.9. The third-order valence-corrected chi connectivity index (χ3v) is 31.3. The minimum atomic E-state index is -2.46. The number of hydrogen-bond donors (Lipinski definition) is 3. The molecule has 0 heterocycles. The second kappa shape index (κ2) is 18.9. The monoisotopic (exact) mass is 821 g/mol. The Morgan fingerprint density at radius 2 is 0.744 bits per heavy atom. The number of amides is 3. The first kappa shape index (κ1) is 33.9. The van der Waals surface area contributed by atoms with Crippen LogP contribution in [-0.2, 0) is 14.4 Å². The molecule has 0 saturated carbocycles. The summed E-state index contributed by atoms with van der Waals surface area (Å²) in [4.78, 5) is 39.3. The maximum atomic E-state index is 12.0. The summed E-state index contributed by atoms with van der Waals surface area (Å²) in [5.41, 5.74) is 2.15. The summed E-state index contributed by atoms with van der Waals surface area (Å²) >= 11 is -2.46. The molecule has 6 nitrogen and oxygen atoms in total. The molecule has 0 bridgehead atoms. The Morgan fingerprint density at radius 1 is 0.488 bits per heavy atom. The number of hydrogen-bond acceptors (Lipinski definition) is 6. The fourth-order valence-corrected chi connectivity index (χ4v) is 32.7. The van der Waals surface area contributed by atoms with E-state index in [0.29, 0.717) is 0 Å². The molecule has 3 aromatic rings. The van der Waals surface area contributed by atoms with Gasteiger partial charge in [-0.25, -0.2) is 0 Å². The predicted molar refractivity (Wildman–Crippen MR) is 187 cm³/mol. The van der Waals surface area contributed by atoms with Gasteiger partial charge in [0.05, 0.1) is 0 Å². The molecule has 0 unspecified atom stereocenters. The van der Waals surface area contributed by atoms with Gasteiger partial charge in [0.2, 0.25) is 0 Å². The van der Waals surface area contributed by atoms with Crippen LogP contribution in [0.1, 0.15) is 0 Å². The second-order valence-corrected chi connectivity index (χ2v) is 34.1. The van der Waals surface area contributed by atoms with Crippen molar-refractivity contribution in [3.8, 4) is 0 Å². The Balaban J connectivity index is 1.73. The molecule has 0 radical (unpaired) electrons. The van der Waals surface area contributed by atoms with Gasteiger partial charge in [0.1, 0.15) is 0 Å². The molecule has 0 atom stereocenters. The van der Waals surface area contributed by atoms with Crippen molar-refractivity contribution in [1.82, 2.24) is 0 Å². The normalized spacial score (nSPS) is 11.1. The zero-order valence-electron chi connectivity index (χ0n) is 23.1. The van der Waals surface area contributed by atoms with Gasteiger partial charge in [-0.2, -0.15) is 0 Å². The first-order chi connectivity index (χ1) is 20.9. The van der Waals surface area contributed by atoms with E-state index in [9.17, 15) is 14.4 Å². The molecule has 0 aliphatic carbocycles. The number of carbonyl (C=O) groups is 3. The van der Waals surface area contributed by atoms with Gasteiger partial charge >= 0.3 is 270 Å². The molecule has 0 saturated heterocycles. The van der Waals surface area contributed by atoms with Crippen molar-refractivity contribution in [1.29, 1.82) is 0 Å². The number of allylic oxidation sites excluding steroid dienone is 6. The van der Waals surface area contributed by atoms with Crippen LogP contribution in [0, 0.1) is 0 Å². The van der Waals surface area contributed by atoms with E-state index in [1.54, 1.807) is 36.5 Å². The topological polar surface area (TPSA) is 87.3 Å². The molecule has 0 fully saturated rings. The number of nitrogens with one attached hydrogen (secondary N) is 3. The van der Waals surface area contributed by atoms with Gasteiger partial charge in [0.25, 0.3) is 0 Å². The average Bonchev–Trinajstić information content (AvgIpc) is 3.01. The van der Waals surface area contributed by atoms with Crippen LogP contribution >= 0.6 is 25.6 Å². The fraction of sp³-hybridized carbons (Fsp3) is 0. The molecule has 0 aliphatic rings. The van der Waals surface area contributed by atoms with Crippen LogP contribution < -0.4 is 16.0 Å². The van der Waals surface area contributed by atoms with Crippen molar-refractivity contribution >= 4 is 77.7 Å². The van der Waals surface area contributed by atoms with Gasteiger partial charge in [-0.1, -0.05) is 0 Å². The fourth-order valence-electron chi connectivity index (χ4n) is 3.13. The number of carbonyl (C=O) groups excluding carboxylic acids is 3. The van der Waals surface area contributed by atoms with Crippen molar-refractivity contribution in [2.45, 2.75) is 14.7 Å². The van der Waals surface area contributed by atoms with E-state index in [1.807, 2.05) is 98.4 Å². The summed E-state index contributed by atoms with van der Waals surface area (Å²) in [6.45, 7) is 10.7. The molecule has 43 heavy (non-hydrogen) atoms. The average molecular weight is 822 g/mol. The molecule has 3 N–H and O–H groups in total. The van der Waals surface area contributed by atoms with E-state index in [0.717, 1.165) is 31.7 Å². The first-order valence-electron chi connectivity index (χ1n) is 12.8. The zero-order valence-corrected chi connectivity index (χ0v) is 29.1. The summed E-state index contributed by atoms with van der Waals surface area (Å²) in [6.07, 6.45) is 13.7. The molecule has 3 aromatic carbocycles. The standard InChI is InChI=1S/3C11H11NOS.Bi/c3*1-2-3-4-11(13)12-9-5-7-10(14)8-6-9;/h3*2-8,14H,1H2,(H,12,13);/q;;;+3/p-3. The summed E-state index contributed by atoms with van der Waals surface area (Å²) in [7, 11) is 5.64. The maximum absolute atomic E-state index is 12.0. The van der Waals surface area contributed by atoms with Gasteiger partial charge < -0.3 is 0 Å². The van der Waals surface area contributed by atoms with E-state index < -0.39 is 17.4 Å². The number of benzene rings is 3. The second-order valence-electron chi connectivity index (χ2n) is 8.32. The molecule has 0 aromatic heterocycles. The van der Waals surface area contributed by atoms with Crippen LogP contribution in [0.2, 0.25) is 0 Å². The van der Waals surface area contributed by atoms with Crippen LogP contribution in [0.5, 0.6) is 0 Å². The predicted octanol–water partition coefficient (Wildman–Crippen LogP) is 8.39. The van der Waals surface area contributed by atoms with Crippen LogP contribution in [0.15, 0.2) is 162 Å². The zero-order chi connectivity index (χ0) is 30.9. The van der Waals surface area contributed by atoms with Crippen molar-refractivity contribution in [3.05, 3.63) is 147 Å². The Hall–Kier alpha value is -3.56. The summed E-state index contributed by atoms with van der Waals surface area (Å²) in [6, 6.07) is 23.5. The number of rotatable bonds is 15. The molecule has 0 spiro atoms. The van der Waals surface area contributed by atoms with Gasteiger partial charge in [-0.15, -0.1) is 0 Å². The molecule has 3 amide bonds. The molecule has 0 aliphatic heterocycles. The molecular weight excluding hydrogens is 792 g/mol. The Kier molecular flexibility index (Phi) is 14.9.